The molecule has 0 saturated heterocycles. The number of halogens is 4. The van der Waals surface area contributed by atoms with E-state index in [9.17, 15) is 30.8 Å². The Morgan fingerprint density at radius 3 is 2.31 bits per heavy atom. The molecule has 1 amide bonds. The van der Waals surface area contributed by atoms with Crippen molar-refractivity contribution in [1.29, 1.82) is 0 Å². The van der Waals surface area contributed by atoms with Crippen molar-refractivity contribution in [1.82, 2.24) is 4.98 Å². The molecular formula is C21H16F4N2O4S. The molecule has 0 spiro atoms. The molecule has 2 aromatic carbocycles. The van der Waals surface area contributed by atoms with Crippen molar-refractivity contribution in [2.24, 2.45) is 0 Å². The van der Waals surface area contributed by atoms with Crippen LogP contribution >= 0.6 is 0 Å². The van der Waals surface area contributed by atoms with Gasteiger partial charge in [-0.25, -0.2) is 17.8 Å². The number of carbonyl (C=O) groups excluding carboxylic acids is 1. The second kappa shape index (κ2) is 8.58. The van der Waals surface area contributed by atoms with Gasteiger partial charge >= 0.3 is 6.18 Å². The molecule has 0 unspecified atom stereocenters. The Morgan fingerprint density at radius 2 is 1.72 bits per heavy atom. The van der Waals surface area contributed by atoms with Gasteiger partial charge in [-0.2, -0.15) is 17.5 Å². The number of nitrogens with zero attached hydrogens (tertiary/aromatic N) is 2. The average molecular weight is 468 g/mol. The van der Waals surface area contributed by atoms with E-state index in [1.165, 1.54) is 37.3 Å². The first-order chi connectivity index (χ1) is 14.9. The highest BCUT2D eigenvalue weighted by Gasteiger charge is 2.42. The van der Waals surface area contributed by atoms with Gasteiger partial charge in [-0.3, -0.25) is 4.79 Å². The Bertz CT molecular complexity index is 1260. The number of hydrogen-bond acceptors (Lipinski definition) is 5. The van der Waals surface area contributed by atoms with Crippen LogP contribution in [0.4, 0.5) is 23.2 Å². The van der Waals surface area contributed by atoms with E-state index in [4.69, 9.17) is 4.74 Å². The summed E-state index contributed by atoms with van der Waals surface area (Å²) >= 11 is 0. The fourth-order valence-electron chi connectivity index (χ4n) is 2.87. The van der Waals surface area contributed by atoms with Gasteiger partial charge in [0, 0.05) is 6.20 Å². The van der Waals surface area contributed by atoms with Crippen LogP contribution < -0.4 is 9.04 Å². The topological polar surface area (TPSA) is 76.6 Å². The van der Waals surface area contributed by atoms with Crippen LogP contribution in [-0.4, -0.2) is 25.6 Å². The number of benzene rings is 2. The smallest absolute Gasteiger partial charge is 0.418 e. The molecule has 0 aliphatic carbocycles. The van der Waals surface area contributed by atoms with E-state index in [1.807, 2.05) is 0 Å². The number of ether oxygens (including phenoxy) is 1. The molecule has 0 bridgehead atoms. The number of para-hydroxylation sites is 1. The maximum Gasteiger partial charge on any atom is 0.418 e. The summed E-state index contributed by atoms with van der Waals surface area (Å²) in [6.45, 7) is 1.51. The number of carbonyl (C=O) groups is 1. The van der Waals surface area contributed by atoms with Gasteiger partial charge in [0.1, 0.15) is 17.3 Å². The van der Waals surface area contributed by atoms with Gasteiger partial charge in [0.05, 0.1) is 17.4 Å². The molecule has 6 nitrogen and oxygen atoms in total. The molecule has 11 heteroatoms. The Labute approximate surface area is 181 Å². The Morgan fingerprint density at radius 1 is 1.06 bits per heavy atom. The molecular weight excluding hydrogens is 452 g/mol. The highest BCUT2D eigenvalue weighted by Crippen LogP contribution is 2.43. The monoisotopic (exact) mass is 468 g/mol. The van der Waals surface area contributed by atoms with Gasteiger partial charge in [0.25, 0.3) is 5.91 Å². The zero-order chi connectivity index (χ0) is 23.7. The fraction of sp³-hybridized carbons (Fsp3) is 0.143. The number of amides is 1. The number of alkyl halides is 3. The third kappa shape index (κ3) is 4.88. The van der Waals surface area contributed by atoms with Gasteiger partial charge in [0.15, 0.2) is 0 Å². The molecule has 1 aromatic heterocycles. The van der Waals surface area contributed by atoms with Gasteiger partial charge in [-0.15, -0.1) is 0 Å². The lowest BCUT2D eigenvalue weighted by Gasteiger charge is -2.25. The fourth-order valence-corrected chi connectivity index (χ4v) is 3.77. The number of rotatable bonds is 5. The third-order valence-electron chi connectivity index (χ3n) is 4.23. The molecule has 0 atom stereocenters. The summed E-state index contributed by atoms with van der Waals surface area (Å²) in [5, 5.41) is 0. The van der Waals surface area contributed by atoms with E-state index < -0.39 is 50.6 Å². The minimum atomic E-state index is -5.08. The summed E-state index contributed by atoms with van der Waals surface area (Å²) in [7, 11) is -4.70. The molecule has 3 aromatic rings. The zero-order valence-corrected chi connectivity index (χ0v) is 17.5. The van der Waals surface area contributed by atoms with Crippen LogP contribution in [-0.2, 0) is 16.2 Å². The highest BCUT2D eigenvalue weighted by molar-refractivity contribution is 7.92. The zero-order valence-electron chi connectivity index (χ0n) is 16.7. The molecule has 0 fully saturated rings. The third-order valence-corrected chi connectivity index (χ3v) is 5.24. The lowest BCUT2D eigenvalue weighted by Crippen LogP contribution is -2.38. The molecule has 0 aliphatic heterocycles. The Balaban J connectivity index is 2.30. The van der Waals surface area contributed by atoms with Crippen molar-refractivity contribution >= 4 is 21.6 Å². The number of anilines is 1. The lowest BCUT2D eigenvalue weighted by molar-refractivity contribution is -0.137. The normalized spacial score (nSPS) is 11.8. The van der Waals surface area contributed by atoms with Crippen LogP contribution in [0, 0.1) is 12.7 Å². The first kappa shape index (κ1) is 23.2. The molecule has 0 saturated carbocycles. The summed E-state index contributed by atoms with van der Waals surface area (Å²) < 4.78 is 86.2. The summed E-state index contributed by atoms with van der Waals surface area (Å²) in [5.41, 5.74) is -2.99. The van der Waals surface area contributed by atoms with Crippen LogP contribution in [0.3, 0.4) is 0 Å². The lowest BCUT2D eigenvalue weighted by atomic mass is 10.1. The van der Waals surface area contributed by atoms with Crippen LogP contribution in [0.2, 0.25) is 0 Å². The van der Waals surface area contributed by atoms with E-state index in [0.717, 1.165) is 18.3 Å². The van der Waals surface area contributed by atoms with Crippen LogP contribution in [0.25, 0.3) is 0 Å². The maximum atomic E-state index is 14.4. The van der Waals surface area contributed by atoms with Crippen molar-refractivity contribution in [2.75, 3.05) is 10.6 Å². The van der Waals surface area contributed by atoms with E-state index in [2.05, 4.69) is 4.98 Å². The summed E-state index contributed by atoms with van der Waals surface area (Å²) in [6, 6.07) is 11.3. The largest absolute Gasteiger partial charge is 0.437 e. The highest BCUT2D eigenvalue weighted by atomic mass is 32.2. The van der Waals surface area contributed by atoms with Crippen molar-refractivity contribution in [3.63, 3.8) is 0 Å². The van der Waals surface area contributed by atoms with Gasteiger partial charge in [-0.1, -0.05) is 29.8 Å². The van der Waals surface area contributed by atoms with Crippen molar-refractivity contribution in [3.8, 4) is 11.6 Å². The van der Waals surface area contributed by atoms with Crippen molar-refractivity contribution in [3.05, 3.63) is 83.3 Å². The Kier molecular flexibility index (Phi) is 6.22. The minimum Gasteiger partial charge on any atom is -0.437 e. The van der Waals surface area contributed by atoms with Crippen molar-refractivity contribution < 1.29 is 35.5 Å². The number of aryl methyl sites for hydroxylation is 1. The van der Waals surface area contributed by atoms with E-state index in [0.29, 0.717) is 17.9 Å². The molecule has 3 rings (SSSR count). The van der Waals surface area contributed by atoms with Crippen molar-refractivity contribution in [2.45, 2.75) is 13.1 Å². The van der Waals surface area contributed by atoms with E-state index in [-0.39, 0.29) is 10.1 Å². The molecule has 1 heterocycles. The molecule has 0 aliphatic rings. The van der Waals surface area contributed by atoms with Gasteiger partial charge in [0.2, 0.25) is 15.9 Å². The van der Waals surface area contributed by atoms with Gasteiger partial charge < -0.3 is 4.74 Å². The number of sulfonamides is 1. The quantitative estimate of drug-likeness (QED) is 0.496. The average Bonchev–Trinajstić information content (AvgIpc) is 2.70. The first-order valence-corrected chi connectivity index (χ1v) is 10.8. The standard InChI is InChI=1S/C21H16F4N2O4S/c1-13-8-9-17(22)15(12-13)20(28)27(32(2,29)30)18-16(21(23,24)25)10-11-26-19(18)31-14-6-4-3-5-7-14/h3-12H,1-2H3. The van der Waals surface area contributed by atoms with E-state index >= 15 is 0 Å². The van der Waals surface area contributed by atoms with Crippen LogP contribution in [0.15, 0.2) is 60.8 Å². The maximum absolute atomic E-state index is 14.4. The summed E-state index contributed by atoms with van der Waals surface area (Å²) in [5.74, 6) is -3.37. The molecule has 0 radical (unpaired) electrons. The van der Waals surface area contributed by atoms with E-state index in [1.54, 1.807) is 6.07 Å². The minimum absolute atomic E-state index is 0.0446. The number of pyridine rings is 1. The summed E-state index contributed by atoms with van der Waals surface area (Å²) in [4.78, 5) is 16.8. The second-order valence-corrected chi connectivity index (χ2v) is 8.57. The molecule has 0 N–H and O–H groups in total. The second-order valence-electron chi connectivity index (χ2n) is 6.74. The van der Waals surface area contributed by atoms with Crippen LogP contribution in [0.1, 0.15) is 21.5 Å². The predicted molar refractivity (Wildman–Crippen MR) is 109 cm³/mol. The first-order valence-electron chi connectivity index (χ1n) is 8.99. The summed E-state index contributed by atoms with van der Waals surface area (Å²) in [6.07, 6.45) is -3.79. The van der Waals surface area contributed by atoms with Gasteiger partial charge in [-0.05, 0) is 37.3 Å². The predicted octanol–water partition coefficient (Wildman–Crippen LogP) is 4.95. The SMILES string of the molecule is Cc1ccc(F)c(C(=O)N(c2c(C(F)(F)F)ccnc2Oc2ccccc2)S(C)(=O)=O)c1. The Hall–Kier alpha value is -3.47. The molecule has 32 heavy (non-hydrogen) atoms. The number of aromatic nitrogens is 1. The van der Waals surface area contributed by atoms with Crippen LogP contribution in [0.5, 0.6) is 11.6 Å². The number of hydrogen-bond donors (Lipinski definition) is 0. The molecule has 168 valence electrons.